The minimum atomic E-state index is 0.330. The average Bonchev–Trinajstić information content (AvgIpc) is 2.71. The summed E-state index contributed by atoms with van der Waals surface area (Å²) in [6.07, 6.45) is 1.39. The van der Waals surface area contributed by atoms with E-state index in [1.165, 1.54) is 21.1 Å². The zero-order valence-electron chi connectivity index (χ0n) is 13.2. The summed E-state index contributed by atoms with van der Waals surface area (Å²) in [4.78, 5) is 0. The zero-order chi connectivity index (χ0) is 15.2. The molecule has 3 nitrogen and oxygen atoms in total. The smallest absolute Gasteiger partial charge is 0.0518 e. The largest absolute Gasteiger partial charge is 0.379 e. The van der Waals surface area contributed by atoms with Crippen molar-refractivity contribution in [2.24, 2.45) is 0 Å². The molecule has 0 aliphatic carbocycles. The highest BCUT2D eigenvalue weighted by Gasteiger charge is 2.10. The summed E-state index contributed by atoms with van der Waals surface area (Å²) in [6.45, 7) is 10.1. The van der Waals surface area contributed by atoms with E-state index in [0.717, 1.165) is 32.7 Å². The number of hydrogen-bond acceptors (Lipinski definition) is 2. The van der Waals surface area contributed by atoms with Crippen molar-refractivity contribution in [3.05, 3.63) is 34.4 Å². The fraction of sp³-hybridized carbons (Fsp3) is 0.529. The van der Waals surface area contributed by atoms with Crippen molar-refractivity contribution >= 4 is 26.8 Å². The summed E-state index contributed by atoms with van der Waals surface area (Å²) in [6, 6.07) is 8.54. The highest BCUT2D eigenvalue weighted by atomic mass is 79.9. The third-order valence-corrected chi connectivity index (χ3v) is 4.62. The van der Waals surface area contributed by atoms with Crippen LogP contribution in [-0.4, -0.2) is 30.4 Å². The van der Waals surface area contributed by atoms with E-state index in [4.69, 9.17) is 4.74 Å². The molecule has 0 fully saturated rings. The maximum atomic E-state index is 5.54. The first-order chi connectivity index (χ1) is 10.1. The van der Waals surface area contributed by atoms with E-state index in [0.29, 0.717) is 6.10 Å². The zero-order valence-corrected chi connectivity index (χ0v) is 14.7. The molecule has 0 saturated carbocycles. The maximum absolute atomic E-state index is 5.54. The molecule has 0 aliphatic heterocycles. The first-order valence-electron chi connectivity index (χ1n) is 7.67. The summed E-state index contributed by atoms with van der Waals surface area (Å²) < 4.78 is 9.12. The number of fused-ring (bicyclic) bond motifs is 1. The van der Waals surface area contributed by atoms with Gasteiger partial charge in [-0.1, -0.05) is 18.2 Å². The molecule has 0 radical (unpaired) electrons. The molecule has 0 bridgehead atoms. The van der Waals surface area contributed by atoms with Gasteiger partial charge in [0.1, 0.15) is 0 Å². The quantitative estimate of drug-likeness (QED) is 0.723. The van der Waals surface area contributed by atoms with Crippen LogP contribution in [0.25, 0.3) is 10.9 Å². The highest BCUT2D eigenvalue weighted by Crippen LogP contribution is 2.30. The fourth-order valence-electron chi connectivity index (χ4n) is 2.51. The van der Waals surface area contributed by atoms with Crippen molar-refractivity contribution in [3.63, 3.8) is 0 Å². The molecule has 1 aromatic carbocycles. The predicted molar refractivity (Wildman–Crippen MR) is 92.9 cm³/mol. The number of ether oxygens (including phenoxy) is 1. The van der Waals surface area contributed by atoms with Crippen LogP contribution in [0.3, 0.4) is 0 Å². The second-order valence-corrected chi connectivity index (χ2v) is 6.38. The Morgan fingerprint density at radius 3 is 2.76 bits per heavy atom. The second kappa shape index (κ2) is 7.97. The van der Waals surface area contributed by atoms with Gasteiger partial charge in [-0.3, -0.25) is 0 Å². The molecule has 1 aromatic heterocycles. The minimum absolute atomic E-state index is 0.330. The summed E-state index contributed by atoms with van der Waals surface area (Å²) in [5.74, 6) is 0. The Morgan fingerprint density at radius 1 is 1.24 bits per heavy atom. The Kier molecular flexibility index (Phi) is 6.27. The molecule has 21 heavy (non-hydrogen) atoms. The lowest BCUT2D eigenvalue weighted by atomic mass is 10.2. The molecule has 0 spiro atoms. The number of para-hydroxylation sites is 1. The van der Waals surface area contributed by atoms with Gasteiger partial charge >= 0.3 is 0 Å². The SMILES string of the molecule is Cc1c(Br)c2ccccc2n1CCNCCCOC(C)C. The summed E-state index contributed by atoms with van der Waals surface area (Å²) in [5.41, 5.74) is 2.59. The standard InChI is InChI=1S/C17H25BrN2O/c1-13(2)21-12-6-9-19-10-11-20-14(3)17(18)15-7-4-5-8-16(15)20/h4-5,7-8,13,19H,6,9-12H2,1-3H3. The van der Waals surface area contributed by atoms with Gasteiger partial charge in [-0.25, -0.2) is 0 Å². The number of halogens is 1. The maximum Gasteiger partial charge on any atom is 0.0518 e. The predicted octanol–water partition coefficient (Wildman–Crippen LogP) is 4.12. The Labute approximate surface area is 135 Å². The number of benzene rings is 1. The van der Waals surface area contributed by atoms with Crippen LogP contribution in [0.4, 0.5) is 0 Å². The van der Waals surface area contributed by atoms with Crippen molar-refractivity contribution < 1.29 is 4.74 Å². The summed E-state index contributed by atoms with van der Waals surface area (Å²) >= 11 is 3.70. The van der Waals surface area contributed by atoms with Gasteiger partial charge in [0.2, 0.25) is 0 Å². The van der Waals surface area contributed by atoms with Crippen LogP contribution >= 0.6 is 15.9 Å². The number of hydrogen-bond donors (Lipinski definition) is 1. The lowest BCUT2D eigenvalue weighted by Gasteiger charge is -2.10. The molecule has 116 valence electrons. The Bertz CT molecular complexity index is 577. The number of nitrogens with zero attached hydrogens (tertiary/aromatic N) is 1. The van der Waals surface area contributed by atoms with E-state index in [9.17, 15) is 0 Å². The fourth-order valence-corrected chi connectivity index (χ4v) is 3.06. The number of nitrogens with one attached hydrogen (secondary N) is 1. The third-order valence-electron chi connectivity index (χ3n) is 3.62. The molecule has 0 saturated heterocycles. The third kappa shape index (κ3) is 4.31. The van der Waals surface area contributed by atoms with Gasteiger partial charge in [0.15, 0.2) is 0 Å². The van der Waals surface area contributed by atoms with E-state index in [1.807, 2.05) is 0 Å². The molecule has 1 heterocycles. The van der Waals surface area contributed by atoms with Gasteiger partial charge in [0.05, 0.1) is 6.10 Å². The Balaban J connectivity index is 1.83. The van der Waals surface area contributed by atoms with E-state index in [1.54, 1.807) is 0 Å². The van der Waals surface area contributed by atoms with Crippen LogP contribution in [0.1, 0.15) is 26.0 Å². The van der Waals surface area contributed by atoms with E-state index >= 15 is 0 Å². The van der Waals surface area contributed by atoms with Gasteiger partial charge in [0.25, 0.3) is 0 Å². The van der Waals surface area contributed by atoms with Crippen molar-refractivity contribution in [1.82, 2.24) is 9.88 Å². The van der Waals surface area contributed by atoms with Crippen molar-refractivity contribution in [2.75, 3.05) is 19.7 Å². The lowest BCUT2D eigenvalue weighted by molar-refractivity contribution is 0.0771. The molecule has 4 heteroatoms. The Hall–Kier alpha value is -0.840. The first kappa shape index (κ1) is 16.5. The van der Waals surface area contributed by atoms with E-state index in [2.05, 4.69) is 70.9 Å². The monoisotopic (exact) mass is 352 g/mol. The number of rotatable bonds is 8. The molecule has 0 unspecified atom stereocenters. The minimum Gasteiger partial charge on any atom is -0.379 e. The molecule has 0 amide bonds. The molecule has 1 N–H and O–H groups in total. The van der Waals surface area contributed by atoms with E-state index in [-0.39, 0.29) is 0 Å². The molecular weight excluding hydrogens is 328 g/mol. The van der Waals surface area contributed by atoms with Crippen LogP contribution in [0.15, 0.2) is 28.7 Å². The first-order valence-corrected chi connectivity index (χ1v) is 8.46. The van der Waals surface area contributed by atoms with Gasteiger partial charge in [-0.2, -0.15) is 0 Å². The summed E-state index contributed by atoms with van der Waals surface area (Å²) in [5, 5.41) is 4.78. The average molecular weight is 353 g/mol. The van der Waals surface area contributed by atoms with Crippen molar-refractivity contribution in [3.8, 4) is 0 Å². The van der Waals surface area contributed by atoms with E-state index < -0.39 is 0 Å². The number of aromatic nitrogens is 1. The molecular formula is C17H25BrN2O. The summed E-state index contributed by atoms with van der Waals surface area (Å²) in [7, 11) is 0. The van der Waals surface area contributed by atoms with Gasteiger partial charge in [0, 0.05) is 40.8 Å². The van der Waals surface area contributed by atoms with Gasteiger partial charge in [-0.15, -0.1) is 0 Å². The molecule has 2 rings (SSSR count). The van der Waals surface area contributed by atoms with Crippen LogP contribution in [0.2, 0.25) is 0 Å². The topological polar surface area (TPSA) is 26.2 Å². The highest BCUT2D eigenvalue weighted by molar-refractivity contribution is 9.10. The normalized spacial score (nSPS) is 11.7. The van der Waals surface area contributed by atoms with Crippen LogP contribution in [-0.2, 0) is 11.3 Å². The van der Waals surface area contributed by atoms with Crippen molar-refractivity contribution in [2.45, 2.75) is 39.8 Å². The van der Waals surface area contributed by atoms with Gasteiger partial charge < -0.3 is 14.6 Å². The molecule has 2 aromatic rings. The van der Waals surface area contributed by atoms with Crippen molar-refractivity contribution in [1.29, 1.82) is 0 Å². The Morgan fingerprint density at radius 2 is 2.00 bits per heavy atom. The lowest BCUT2D eigenvalue weighted by Crippen LogP contribution is -2.22. The van der Waals surface area contributed by atoms with Crippen LogP contribution < -0.4 is 5.32 Å². The van der Waals surface area contributed by atoms with Gasteiger partial charge in [-0.05, 0) is 55.7 Å². The molecule has 0 atom stereocenters. The second-order valence-electron chi connectivity index (χ2n) is 5.59. The molecule has 0 aliphatic rings. The van der Waals surface area contributed by atoms with Crippen LogP contribution in [0.5, 0.6) is 0 Å². The van der Waals surface area contributed by atoms with Crippen LogP contribution in [0, 0.1) is 6.92 Å².